The number of hydrogen-bond acceptors (Lipinski definition) is 2. The van der Waals surface area contributed by atoms with E-state index in [1.165, 1.54) is 10.9 Å². The first-order valence-electron chi connectivity index (χ1n) is 5.21. The van der Waals surface area contributed by atoms with Crippen LogP contribution < -0.4 is 0 Å². The quantitative estimate of drug-likeness (QED) is 0.652. The summed E-state index contributed by atoms with van der Waals surface area (Å²) in [7, 11) is 0. The predicted octanol–water partition coefficient (Wildman–Crippen LogP) is 3.24. The average molecular weight is 200 g/mol. The van der Waals surface area contributed by atoms with Gasteiger partial charge in [-0.05, 0) is 25.1 Å². The van der Waals surface area contributed by atoms with E-state index in [-0.39, 0.29) is 5.41 Å². The maximum Gasteiger partial charge on any atom is 0.0930 e. The smallest absolute Gasteiger partial charge is 0.0930 e. The number of aromatic nitrogens is 2. The van der Waals surface area contributed by atoms with Gasteiger partial charge in [0.25, 0.3) is 0 Å². The number of aryl methyl sites for hydroxylation is 1. The molecule has 2 rings (SSSR count). The zero-order valence-electron chi connectivity index (χ0n) is 9.70. The van der Waals surface area contributed by atoms with Gasteiger partial charge in [0.2, 0.25) is 0 Å². The summed E-state index contributed by atoms with van der Waals surface area (Å²) in [6, 6.07) is 8.37. The normalized spacial score (nSPS) is 12.0. The summed E-state index contributed by atoms with van der Waals surface area (Å²) in [5.41, 5.74) is 3.33. The summed E-state index contributed by atoms with van der Waals surface area (Å²) < 4.78 is 0. The number of benzene rings is 1. The highest BCUT2D eigenvalue weighted by molar-refractivity contribution is 5.79. The molecule has 1 heterocycles. The molecular weight excluding hydrogens is 184 g/mol. The van der Waals surface area contributed by atoms with Crippen molar-refractivity contribution in [2.24, 2.45) is 0 Å². The van der Waals surface area contributed by atoms with E-state index < -0.39 is 0 Å². The largest absolute Gasteiger partial charge is 0.154 e. The summed E-state index contributed by atoms with van der Waals surface area (Å²) in [4.78, 5) is 0. The van der Waals surface area contributed by atoms with Gasteiger partial charge < -0.3 is 0 Å². The highest BCUT2D eigenvalue weighted by Gasteiger charge is 2.16. The summed E-state index contributed by atoms with van der Waals surface area (Å²) in [5, 5.41) is 9.67. The molecule has 2 heteroatoms. The number of rotatable bonds is 0. The second kappa shape index (κ2) is 3.30. The molecule has 0 aliphatic carbocycles. The van der Waals surface area contributed by atoms with Gasteiger partial charge in [-0.3, -0.25) is 0 Å². The SMILES string of the molecule is Cc1ccc2nnc(C(C)(C)C)cc2c1. The molecular formula is C13H16N2. The Kier molecular flexibility index (Phi) is 2.22. The Morgan fingerprint density at radius 2 is 1.73 bits per heavy atom. The Labute approximate surface area is 90.3 Å². The van der Waals surface area contributed by atoms with Crippen LogP contribution in [-0.4, -0.2) is 10.2 Å². The van der Waals surface area contributed by atoms with Crippen molar-refractivity contribution >= 4 is 10.9 Å². The molecule has 1 aromatic heterocycles. The summed E-state index contributed by atoms with van der Waals surface area (Å²) >= 11 is 0. The van der Waals surface area contributed by atoms with Crippen LogP contribution in [-0.2, 0) is 5.41 Å². The van der Waals surface area contributed by atoms with Gasteiger partial charge in [0, 0.05) is 10.8 Å². The van der Waals surface area contributed by atoms with Crippen LogP contribution in [0.3, 0.4) is 0 Å². The van der Waals surface area contributed by atoms with Crippen molar-refractivity contribution in [3.05, 3.63) is 35.5 Å². The molecule has 0 spiro atoms. The Balaban J connectivity index is 2.64. The zero-order chi connectivity index (χ0) is 11.1. The van der Waals surface area contributed by atoms with Crippen molar-refractivity contribution in [3.8, 4) is 0 Å². The lowest BCUT2D eigenvalue weighted by atomic mass is 9.91. The topological polar surface area (TPSA) is 25.8 Å². The van der Waals surface area contributed by atoms with Crippen LogP contribution >= 0.6 is 0 Å². The van der Waals surface area contributed by atoms with E-state index in [0.717, 1.165) is 11.2 Å². The molecule has 15 heavy (non-hydrogen) atoms. The molecule has 0 fully saturated rings. The molecule has 0 bridgehead atoms. The first-order valence-corrected chi connectivity index (χ1v) is 5.21. The predicted molar refractivity (Wildman–Crippen MR) is 63.0 cm³/mol. The van der Waals surface area contributed by atoms with Crippen molar-refractivity contribution in [1.82, 2.24) is 10.2 Å². The fraction of sp³-hybridized carbons (Fsp3) is 0.385. The molecule has 0 saturated heterocycles. The van der Waals surface area contributed by atoms with Gasteiger partial charge in [0.1, 0.15) is 0 Å². The number of hydrogen-bond donors (Lipinski definition) is 0. The molecule has 0 aliphatic rings. The minimum Gasteiger partial charge on any atom is -0.154 e. The molecule has 2 aromatic rings. The van der Waals surface area contributed by atoms with Gasteiger partial charge >= 0.3 is 0 Å². The summed E-state index contributed by atoms with van der Waals surface area (Å²) in [5.74, 6) is 0. The monoisotopic (exact) mass is 200 g/mol. The molecule has 0 amide bonds. The molecule has 0 atom stereocenters. The lowest BCUT2D eigenvalue weighted by molar-refractivity contribution is 0.561. The van der Waals surface area contributed by atoms with Gasteiger partial charge in [0.05, 0.1) is 11.2 Å². The molecule has 2 nitrogen and oxygen atoms in total. The van der Waals surface area contributed by atoms with Crippen LogP contribution in [0.4, 0.5) is 0 Å². The van der Waals surface area contributed by atoms with E-state index in [1.54, 1.807) is 0 Å². The summed E-state index contributed by atoms with van der Waals surface area (Å²) in [6.07, 6.45) is 0. The first-order chi connectivity index (χ1) is 6.97. The van der Waals surface area contributed by atoms with Crippen LogP contribution in [0.15, 0.2) is 24.3 Å². The van der Waals surface area contributed by atoms with E-state index in [1.807, 2.05) is 6.07 Å². The molecule has 0 N–H and O–H groups in total. The van der Waals surface area contributed by atoms with Crippen LogP contribution in [0.2, 0.25) is 0 Å². The van der Waals surface area contributed by atoms with Crippen LogP contribution in [0.1, 0.15) is 32.0 Å². The molecule has 78 valence electrons. The second-order valence-electron chi connectivity index (χ2n) is 5.04. The lowest BCUT2D eigenvalue weighted by Crippen LogP contribution is -2.14. The van der Waals surface area contributed by atoms with Gasteiger partial charge in [-0.1, -0.05) is 32.4 Å². The third kappa shape index (κ3) is 1.99. The van der Waals surface area contributed by atoms with E-state index in [2.05, 4.69) is 56.1 Å². The highest BCUT2D eigenvalue weighted by atomic mass is 15.1. The highest BCUT2D eigenvalue weighted by Crippen LogP contribution is 2.22. The second-order valence-corrected chi connectivity index (χ2v) is 5.04. The Hall–Kier alpha value is -1.44. The Morgan fingerprint density at radius 3 is 2.40 bits per heavy atom. The molecule has 0 radical (unpaired) electrons. The van der Waals surface area contributed by atoms with Crippen LogP contribution in [0, 0.1) is 6.92 Å². The van der Waals surface area contributed by atoms with Crippen molar-refractivity contribution in [1.29, 1.82) is 0 Å². The third-order valence-electron chi connectivity index (χ3n) is 2.51. The van der Waals surface area contributed by atoms with Crippen molar-refractivity contribution < 1.29 is 0 Å². The third-order valence-corrected chi connectivity index (χ3v) is 2.51. The molecule has 0 unspecified atom stereocenters. The van der Waals surface area contributed by atoms with Gasteiger partial charge in [0.15, 0.2) is 0 Å². The fourth-order valence-electron chi connectivity index (χ4n) is 1.53. The average Bonchev–Trinajstić information content (AvgIpc) is 2.15. The standard InChI is InChI=1S/C13H16N2/c1-9-5-6-11-10(7-9)8-12(15-14-11)13(2,3)4/h5-8H,1-4H3. The van der Waals surface area contributed by atoms with Crippen LogP contribution in [0.25, 0.3) is 10.9 Å². The Morgan fingerprint density at radius 1 is 1.00 bits per heavy atom. The fourth-order valence-corrected chi connectivity index (χ4v) is 1.53. The minimum atomic E-state index is 0.0605. The minimum absolute atomic E-state index is 0.0605. The van der Waals surface area contributed by atoms with Gasteiger partial charge in [-0.25, -0.2) is 0 Å². The van der Waals surface area contributed by atoms with E-state index in [9.17, 15) is 0 Å². The molecule has 0 saturated carbocycles. The maximum atomic E-state index is 4.26. The van der Waals surface area contributed by atoms with Gasteiger partial charge in [-0.15, -0.1) is 0 Å². The van der Waals surface area contributed by atoms with Crippen molar-refractivity contribution in [2.45, 2.75) is 33.1 Å². The van der Waals surface area contributed by atoms with Crippen molar-refractivity contribution in [2.75, 3.05) is 0 Å². The summed E-state index contributed by atoms with van der Waals surface area (Å²) in [6.45, 7) is 8.55. The first kappa shape index (κ1) is 10.1. The number of nitrogens with zero attached hydrogens (tertiary/aromatic N) is 2. The lowest BCUT2D eigenvalue weighted by Gasteiger charge is -2.16. The van der Waals surface area contributed by atoms with Crippen molar-refractivity contribution in [3.63, 3.8) is 0 Å². The van der Waals surface area contributed by atoms with E-state index in [4.69, 9.17) is 0 Å². The Bertz CT molecular complexity index is 495. The van der Waals surface area contributed by atoms with E-state index >= 15 is 0 Å². The number of fused-ring (bicyclic) bond motifs is 1. The van der Waals surface area contributed by atoms with Gasteiger partial charge in [-0.2, -0.15) is 10.2 Å². The molecule has 0 aliphatic heterocycles. The van der Waals surface area contributed by atoms with Crippen LogP contribution in [0.5, 0.6) is 0 Å². The molecule has 1 aromatic carbocycles. The zero-order valence-corrected chi connectivity index (χ0v) is 9.70. The van der Waals surface area contributed by atoms with E-state index in [0.29, 0.717) is 0 Å². The maximum absolute atomic E-state index is 4.26.